The number of rotatable bonds is 3. The fourth-order valence-corrected chi connectivity index (χ4v) is 3.60. The quantitative estimate of drug-likeness (QED) is 0.841. The third-order valence-electron chi connectivity index (χ3n) is 4.67. The van der Waals surface area contributed by atoms with E-state index in [9.17, 15) is 9.59 Å². The third kappa shape index (κ3) is 2.19. The molecule has 120 valence electrons. The van der Waals surface area contributed by atoms with Crippen molar-refractivity contribution in [3.05, 3.63) is 30.0 Å². The lowest BCUT2D eigenvalue weighted by atomic mass is 10.2. The summed E-state index contributed by atoms with van der Waals surface area (Å²) in [5.74, 6) is 0.116. The van der Waals surface area contributed by atoms with Crippen LogP contribution in [0.2, 0.25) is 0 Å². The van der Waals surface area contributed by atoms with E-state index in [0.29, 0.717) is 18.6 Å². The zero-order valence-corrected chi connectivity index (χ0v) is 12.8. The third-order valence-corrected chi connectivity index (χ3v) is 4.67. The summed E-state index contributed by atoms with van der Waals surface area (Å²) < 4.78 is 10.2. The molecule has 2 saturated heterocycles. The van der Waals surface area contributed by atoms with Crippen LogP contribution in [-0.2, 0) is 9.53 Å². The van der Waals surface area contributed by atoms with E-state index in [1.165, 1.54) is 7.11 Å². The van der Waals surface area contributed by atoms with Gasteiger partial charge in [0, 0.05) is 20.2 Å². The Morgan fingerprint density at radius 2 is 2.00 bits per heavy atom. The number of fused-ring (bicyclic) bond motifs is 3. The van der Waals surface area contributed by atoms with Gasteiger partial charge in [0.25, 0.3) is 5.91 Å². The minimum absolute atomic E-state index is 0.0165. The van der Waals surface area contributed by atoms with Crippen LogP contribution in [0.15, 0.2) is 28.8 Å². The first-order chi connectivity index (χ1) is 11.2. The minimum Gasteiger partial charge on any atom is -0.375 e. The summed E-state index contributed by atoms with van der Waals surface area (Å²) in [6.45, 7) is 1.18. The van der Waals surface area contributed by atoms with Gasteiger partial charge in [-0.3, -0.25) is 9.59 Å². The van der Waals surface area contributed by atoms with Crippen LogP contribution in [0.3, 0.4) is 0 Å². The number of benzene rings is 1. The van der Waals surface area contributed by atoms with E-state index in [4.69, 9.17) is 9.26 Å². The molecule has 1 aromatic heterocycles. The average Bonchev–Trinajstić information content (AvgIpc) is 3.27. The highest BCUT2D eigenvalue weighted by atomic mass is 16.5. The topological polar surface area (TPSA) is 75.9 Å². The number of aromatic nitrogens is 1. The Balaban J connectivity index is 1.53. The molecule has 2 aliphatic heterocycles. The average molecular weight is 315 g/mol. The van der Waals surface area contributed by atoms with Crippen LogP contribution in [0, 0.1) is 0 Å². The number of piperazine rings is 1. The largest absolute Gasteiger partial charge is 0.375 e. The van der Waals surface area contributed by atoms with Crippen molar-refractivity contribution in [2.75, 3.05) is 26.8 Å². The van der Waals surface area contributed by atoms with Gasteiger partial charge in [-0.1, -0.05) is 17.3 Å². The molecule has 2 bridgehead atoms. The lowest BCUT2D eigenvalue weighted by molar-refractivity contribution is -0.137. The molecular weight excluding hydrogens is 298 g/mol. The second-order valence-corrected chi connectivity index (χ2v) is 6.01. The predicted octanol–water partition coefficient (Wildman–Crippen LogP) is 0.899. The number of hydrogen-bond acceptors (Lipinski definition) is 5. The molecule has 0 N–H and O–H groups in total. The van der Waals surface area contributed by atoms with Crippen molar-refractivity contribution in [2.24, 2.45) is 0 Å². The van der Waals surface area contributed by atoms with Crippen molar-refractivity contribution in [3.63, 3.8) is 0 Å². The molecule has 2 amide bonds. The highest BCUT2D eigenvalue weighted by molar-refractivity contribution is 6.04. The molecule has 0 aliphatic carbocycles. The Morgan fingerprint density at radius 1 is 1.26 bits per heavy atom. The number of likely N-dealkylation sites (tertiary alicyclic amines) is 2. The molecular formula is C16H17N3O4. The monoisotopic (exact) mass is 315 g/mol. The summed E-state index contributed by atoms with van der Waals surface area (Å²) in [6, 6.07) is 7.48. The van der Waals surface area contributed by atoms with E-state index in [1.807, 2.05) is 29.2 Å². The van der Waals surface area contributed by atoms with Gasteiger partial charge in [-0.2, -0.15) is 0 Å². The normalized spacial score (nSPS) is 23.0. The fraction of sp³-hybridized carbons (Fsp3) is 0.438. The van der Waals surface area contributed by atoms with E-state index in [-0.39, 0.29) is 36.3 Å². The van der Waals surface area contributed by atoms with Crippen LogP contribution in [-0.4, -0.2) is 65.7 Å². The van der Waals surface area contributed by atoms with Crippen LogP contribution in [0.1, 0.15) is 17.0 Å². The molecule has 0 radical (unpaired) electrons. The van der Waals surface area contributed by atoms with Gasteiger partial charge in [0.15, 0.2) is 0 Å². The van der Waals surface area contributed by atoms with Crippen molar-refractivity contribution >= 4 is 22.7 Å². The summed E-state index contributed by atoms with van der Waals surface area (Å²) in [5, 5.41) is 4.67. The molecule has 2 aliphatic rings. The molecule has 0 unspecified atom stereocenters. The van der Waals surface area contributed by atoms with Crippen molar-refractivity contribution in [1.29, 1.82) is 0 Å². The first-order valence-corrected chi connectivity index (χ1v) is 7.63. The number of carbonyl (C=O) groups excluding carboxylic acids is 2. The first kappa shape index (κ1) is 14.2. The van der Waals surface area contributed by atoms with E-state index < -0.39 is 0 Å². The van der Waals surface area contributed by atoms with Crippen molar-refractivity contribution in [2.45, 2.75) is 18.5 Å². The maximum Gasteiger partial charge on any atom is 0.293 e. The van der Waals surface area contributed by atoms with Gasteiger partial charge < -0.3 is 19.1 Å². The highest BCUT2D eigenvalue weighted by Crippen LogP contribution is 2.33. The number of amides is 2. The smallest absolute Gasteiger partial charge is 0.293 e. The second kappa shape index (κ2) is 5.34. The van der Waals surface area contributed by atoms with E-state index in [2.05, 4.69) is 5.16 Å². The molecule has 7 nitrogen and oxygen atoms in total. The maximum absolute atomic E-state index is 12.8. The Hall–Kier alpha value is -2.41. The van der Waals surface area contributed by atoms with Crippen molar-refractivity contribution in [3.8, 4) is 0 Å². The molecule has 23 heavy (non-hydrogen) atoms. The standard InChI is InChI=1S/C16H17N3O4/c1-22-9-14(20)18-7-11-6-10(18)8-19(11)16(21)15-12-4-2-3-5-13(12)17-23-15/h2-5,10-11H,6-9H2,1H3/t10-,11+/m1/s1. The Bertz CT molecular complexity index is 772. The summed E-state index contributed by atoms with van der Waals surface area (Å²) in [5.41, 5.74) is 0.678. The van der Waals surface area contributed by atoms with Crippen LogP contribution in [0.5, 0.6) is 0 Å². The second-order valence-electron chi connectivity index (χ2n) is 6.01. The van der Waals surface area contributed by atoms with Gasteiger partial charge >= 0.3 is 0 Å². The van der Waals surface area contributed by atoms with E-state index >= 15 is 0 Å². The van der Waals surface area contributed by atoms with Crippen LogP contribution < -0.4 is 0 Å². The van der Waals surface area contributed by atoms with Crippen LogP contribution in [0.4, 0.5) is 0 Å². The minimum atomic E-state index is -0.148. The number of nitrogens with zero attached hydrogens (tertiary/aromatic N) is 3. The maximum atomic E-state index is 12.8. The predicted molar refractivity (Wildman–Crippen MR) is 80.8 cm³/mol. The molecule has 3 heterocycles. The molecule has 0 saturated carbocycles. The molecule has 4 rings (SSSR count). The Morgan fingerprint density at radius 3 is 2.74 bits per heavy atom. The molecule has 2 aromatic rings. The zero-order chi connectivity index (χ0) is 16.0. The Labute approximate surface area is 132 Å². The van der Waals surface area contributed by atoms with Crippen LogP contribution >= 0.6 is 0 Å². The number of methoxy groups -OCH3 is 1. The first-order valence-electron chi connectivity index (χ1n) is 7.63. The molecule has 0 spiro atoms. The molecule has 2 fully saturated rings. The van der Waals surface area contributed by atoms with E-state index in [0.717, 1.165) is 11.8 Å². The molecule has 7 heteroatoms. The number of carbonyl (C=O) groups is 2. The van der Waals surface area contributed by atoms with Crippen molar-refractivity contribution in [1.82, 2.24) is 15.0 Å². The SMILES string of the molecule is COCC(=O)N1C[C@@H]2C[C@@H]1CN2C(=O)c1onc2ccccc12. The summed E-state index contributed by atoms with van der Waals surface area (Å²) >= 11 is 0. The Kier molecular flexibility index (Phi) is 3.30. The van der Waals surface area contributed by atoms with Gasteiger partial charge in [-0.15, -0.1) is 0 Å². The summed E-state index contributed by atoms with van der Waals surface area (Å²) in [4.78, 5) is 28.4. The lowest BCUT2D eigenvalue weighted by Crippen LogP contribution is -2.51. The van der Waals surface area contributed by atoms with Gasteiger partial charge in [-0.05, 0) is 18.6 Å². The van der Waals surface area contributed by atoms with Crippen molar-refractivity contribution < 1.29 is 18.8 Å². The molecule has 1 aromatic carbocycles. The van der Waals surface area contributed by atoms with E-state index in [1.54, 1.807) is 4.90 Å². The number of ether oxygens (including phenoxy) is 1. The summed E-state index contributed by atoms with van der Waals surface area (Å²) in [7, 11) is 1.51. The zero-order valence-electron chi connectivity index (χ0n) is 12.8. The number of hydrogen-bond donors (Lipinski definition) is 0. The lowest BCUT2D eigenvalue weighted by Gasteiger charge is -2.33. The highest BCUT2D eigenvalue weighted by Gasteiger charge is 2.47. The summed E-state index contributed by atoms with van der Waals surface area (Å²) in [6.07, 6.45) is 0.813. The van der Waals surface area contributed by atoms with Gasteiger partial charge in [0.2, 0.25) is 11.7 Å². The van der Waals surface area contributed by atoms with Crippen LogP contribution in [0.25, 0.3) is 10.9 Å². The fourth-order valence-electron chi connectivity index (χ4n) is 3.60. The van der Waals surface area contributed by atoms with Gasteiger partial charge in [0.05, 0.1) is 17.5 Å². The van der Waals surface area contributed by atoms with Gasteiger partial charge in [0.1, 0.15) is 12.1 Å². The van der Waals surface area contributed by atoms with Gasteiger partial charge in [-0.25, -0.2) is 0 Å². The molecule has 2 atom stereocenters.